The van der Waals surface area contributed by atoms with Crippen LogP contribution in [-0.2, 0) is 4.74 Å². The van der Waals surface area contributed by atoms with Gasteiger partial charge in [0.1, 0.15) is 4.99 Å². The highest BCUT2D eigenvalue weighted by atomic mass is 32.1. The number of carbonyl (C=O) groups excluding carboxylic acids is 1. The third kappa shape index (κ3) is 3.30. The second kappa shape index (κ2) is 5.27. The monoisotopic (exact) mass is 278 g/mol. The van der Waals surface area contributed by atoms with Gasteiger partial charge in [0.2, 0.25) is 0 Å². The molecule has 102 valence electrons. The Morgan fingerprint density at radius 2 is 1.89 bits per heavy atom. The van der Waals surface area contributed by atoms with E-state index in [1.165, 1.54) is 0 Å². The number of hydrogen-bond donors (Lipinski definition) is 1. The molecule has 2 rings (SSSR count). The second-order valence-electron chi connectivity index (χ2n) is 5.28. The summed E-state index contributed by atoms with van der Waals surface area (Å²) >= 11 is 4.89. The zero-order chi connectivity index (χ0) is 14.0. The second-order valence-corrected chi connectivity index (χ2v) is 5.72. The summed E-state index contributed by atoms with van der Waals surface area (Å²) in [5.74, 6) is 0.0193. The van der Waals surface area contributed by atoms with Gasteiger partial charge in [-0.3, -0.25) is 4.79 Å². The summed E-state index contributed by atoms with van der Waals surface area (Å²) in [6, 6.07) is 7.08. The van der Waals surface area contributed by atoms with Crippen molar-refractivity contribution in [3.63, 3.8) is 0 Å². The Morgan fingerprint density at radius 3 is 2.42 bits per heavy atom. The molecule has 0 aliphatic carbocycles. The van der Waals surface area contributed by atoms with Gasteiger partial charge in [-0.25, -0.2) is 0 Å². The van der Waals surface area contributed by atoms with Crippen molar-refractivity contribution < 1.29 is 9.53 Å². The van der Waals surface area contributed by atoms with Crippen LogP contribution in [0.1, 0.15) is 29.8 Å². The Morgan fingerprint density at radius 1 is 1.32 bits per heavy atom. The summed E-state index contributed by atoms with van der Waals surface area (Å²) in [5, 5.41) is 0. The van der Waals surface area contributed by atoms with Gasteiger partial charge in [-0.2, -0.15) is 0 Å². The molecule has 5 heteroatoms. The highest BCUT2D eigenvalue weighted by molar-refractivity contribution is 7.80. The van der Waals surface area contributed by atoms with Gasteiger partial charge in [0, 0.05) is 24.2 Å². The first-order chi connectivity index (χ1) is 8.89. The number of nitrogens with two attached hydrogens (primary N) is 1. The molecule has 1 fully saturated rings. The first-order valence-corrected chi connectivity index (χ1v) is 6.63. The Kier molecular flexibility index (Phi) is 3.87. The van der Waals surface area contributed by atoms with E-state index >= 15 is 0 Å². The van der Waals surface area contributed by atoms with E-state index < -0.39 is 0 Å². The third-order valence-electron chi connectivity index (χ3n) is 3.13. The minimum atomic E-state index is -0.285. The summed E-state index contributed by atoms with van der Waals surface area (Å²) in [6.45, 7) is 5.77. The van der Waals surface area contributed by atoms with E-state index in [1.807, 2.05) is 18.7 Å². The van der Waals surface area contributed by atoms with Crippen LogP contribution in [0, 0.1) is 0 Å². The number of carbonyl (C=O) groups is 1. The third-order valence-corrected chi connectivity index (χ3v) is 3.36. The van der Waals surface area contributed by atoms with Crippen LogP contribution in [0.4, 0.5) is 0 Å². The van der Waals surface area contributed by atoms with E-state index in [0.29, 0.717) is 30.2 Å². The molecule has 19 heavy (non-hydrogen) atoms. The van der Waals surface area contributed by atoms with Gasteiger partial charge in [-0.1, -0.05) is 24.4 Å². The number of morpholine rings is 1. The molecule has 1 saturated heterocycles. The lowest BCUT2D eigenvalue weighted by atomic mass is 10.1. The molecular formula is C14H18N2O2S. The summed E-state index contributed by atoms with van der Waals surface area (Å²) in [5.41, 5.74) is 6.68. The quantitative estimate of drug-likeness (QED) is 0.834. The van der Waals surface area contributed by atoms with E-state index in [1.54, 1.807) is 24.3 Å². The molecule has 0 atom stereocenters. The number of benzene rings is 1. The molecule has 1 aliphatic heterocycles. The molecule has 1 heterocycles. The predicted molar refractivity (Wildman–Crippen MR) is 78.3 cm³/mol. The summed E-state index contributed by atoms with van der Waals surface area (Å²) in [6.07, 6.45) is 0. The van der Waals surface area contributed by atoms with E-state index in [0.717, 1.165) is 5.56 Å². The van der Waals surface area contributed by atoms with Crippen LogP contribution in [0.5, 0.6) is 0 Å². The van der Waals surface area contributed by atoms with Crippen molar-refractivity contribution in [2.24, 2.45) is 5.73 Å². The molecule has 1 amide bonds. The Hall–Kier alpha value is -1.46. The normalized spacial score (nSPS) is 18.1. The average molecular weight is 278 g/mol. The van der Waals surface area contributed by atoms with Crippen LogP contribution in [0.3, 0.4) is 0 Å². The number of thiocarbonyl (C=S) groups is 1. The molecule has 0 unspecified atom stereocenters. The van der Waals surface area contributed by atoms with Crippen molar-refractivity contribution in [3.8, 4) is 0 Å². The molecule has 0 aromatic heterocycles. The van der Waals surface area contributed by atoms with Gasteiger partial charge in [0.05, 0.1) is 12.2 Å². The van der Waals surface area contributed by atoms with Crippen LogP contribution < -0.4 is 5.73 Å². The van der Waals surface area contributed by atoms with E-state index in [2.05, 4.69) is 0 Å². The van der Waals surface area contributed by atoms with Crippen molar-refractivity contribution in [1.82, 2.24) is 4.90 Å². The lowest BCUT2D eigenvalue weighted by Crippen LogP contribution is -2.50. The zero-order valence-corrected chi connectivity index (χ0v) is 12.0. The SMILES string of the molecule is CC1(C)CN(C(=O)c2ccc(C(N)=S)cc2)CCO1. The summed E-state index contributed by atoms with van der Waals surface area (Å²) < 4.78 is 5.60. The summed E-state index contributed by atoms with van der Waals surface area (Å²) in [7, 11) is 0. The molecule has 0 spiro atoms. The maximum Gasteiger partial charge on any atom is 0.254 e. The van der Waals surface area contributed by atoms with Crippen molar-refractivity contribution in [3.05, 3.63) is 35.4 Å². The predicted octanol–water partition coefficient (Wildman–Crippen LogP) is 1.57. The molecular weight excluding hydrogens is 260 g/mol. The van der Waals surface area contributed by atoms with Gasteiger partial charge >= 0.3 is 0 Å². The van der Waals surface area contributed by atoms with E-state index in [9.17, 15) is 4.79 Å². The van der Waals surface area contributed by atoms with Gasteiger partial charge in [0.15, 0.2) is 0 Å². The lowest BCUT2D eigenvalue weighted by Gasteiger charge is -2.38. The van der Waals surface area contributed by atoms with Crippen molar-refractivity contribution >= 4 is 23.1 Å². The van der Waals surface area contributed by atoms with E-state index in [-0.39, 0.29) is 11.5 Å². The van der Waals surface area contributed by atoms with Crippen LogP contribution in [0.25, 0.3) is 0 Å². The first-order valence-electron chi connectivity index (χ1n) is 6.22. The first kappa shape index (κ1) is 14.0. The lowest BCUT2D eigenvalue weighted by molar-refractivity contribution is -0.0764. The fraction of sp³-hybridized carbons (Fsp3) is 0.429. The number of ether oxygens (including phenoxy) is 1. The highest BCUT2D eigenvalue weighted by Gasteiger charge is 2.30. The van der Waals surface area contributed by atoms with Crippen LogP contribution >= 0.6 is 12.2 Å². The number of amides is 1. The molecule has 1 aromatic carbocycles. The van der Waals surface area contributed by atoms with Crippen molar-refractivity contribution in [2.75, 3.05) is 19.7 Å². The van der Waals surface area contributed by atoms with Gasteiger partial charge in [-0.15, -0.1) is 0 Å². The Bertz CT molecular complexity index is 497. The highest BCUT2D eigenvalue weighted by Crippen LogP contribution is 2.18. The fourth-order valence-corrected chi connectivity index (χ4v) is 2.29. The fourth-order valence-electron chi connectivity index (χ4n) is 2.15. The van der Waals surface area contributed by atoms with Gasteiger partial charge < -0.3 is 15.4 Å². The Balaban J connectivity index is 2.13. The van der Waals surface area contributed by atoms with Crippen molar-refractivity contribution in [1.29, 1.82) is 0 Å². The van der Waals surface area contributed by atoms with Crippen molar-refractivity contribution in [2.45, 2.75) is 19.4 Å². The molecule has 2 N–H and O–H groups in total. The smallest absolute Gasteiger partial charge is 0.254 e. The van der Waals surface area contributed by atoms with Crippen LogP contribution in [0.15, 0.2) is 24.3 Å². The average Bonchev–Trinajstić information content (AvgIpc) is 2.37. The van der Waals surface area contributed by atoms with Crippen LogP contribution in [0.2, 0.25) is 0 Å². The topological polar surface area (TPSA) is 55.6 Å². The minimum absolute atomic E-state index is 0.0193. The largest absolute Gasteiger partial charge is 0.389 e. The molecule has 0 bridgehead atoms. The maximum atomic E-state index is 12.4. The number of nitrogens with zero attached hydrogens (tertiary/aromatic N) is 1. The maximum absolute atomic E-state index is 12.4. The molecule has 0 radical (unpaired) electrons. The molecule has 4 nitrogen and oxygen atoms in total. The molecule has 1 aliphatic rings. The molecule has 0 saturated carbocycles. The Labute approximate surface area is 118 Å². The number of rotatable bonds is 2. The molecule has 1 aromatic rings. The minimum Gasteiger partial charge on any atom is -0.389 e. The van der Waals surface area contributed by atoms with Crippen LogP contribution in [-0.4, -0.2) is 41.1 Å². The van der Waals surface area contributed by atoms with Gasteiger partial charge in [0.25, 0.3) is 5.91 Å². The summed E-state index contributed by atoms with van der Waals surface area (Å²) in [4.78, 5) is 14.5. The van der Waals surface area contributed by atoms with Gasteiger partial charge in [-0.05, 0) is 26.0 Å². The zero-order valence-electron chi connectivity index (χ0n) is 11.2. The standard InChI is InChI=1S/C14H18N2O2S/c1-14(2)9-16(7-8-18-14)13(17)11-5-3-10(4-6-11)12(15)19/h3-6H,7-9H2,1-2H3,(H2,15,19). The number of hydrogen-bond acceptors (Lipinski definition) is 3. The van der Waals surface area contributed by atoms with E-state index in [4.69, 9.17) is 22.7 Å².